The lowest BCUT2D eigenvalue weighted by Crippen LogP contribution is -2.58. The van der Waals surface area contributed by atoms with Crippen molar-refractivity contribution >= 4 is 11.8 Å². The van der Waals surface area contributed by atoms with E-state index in [2.05, 4.69) is 29.4 Å². The third-order valence-corrected chi connectivity index (χ3v) is 6.47. The highest BCUT2D eigenvalue weighted by molar-refractivity contribution is 5.80. The lowest BCUT2D eigenvalue weighted by molar-refractivity contribution is -0.140. The maximum atomic E-state index is 12.9. The number of hydrogen-bond acceptors (Lipinski definition) is 3. The fraction of sp³-hybridized carbons (Fsp3) is 0.895. The number of hydrogen-bond donors (Lipinski definition) is 2. The van der Waals surface area contributed by atoms with Crippen LogP contribution in [0, 0.1) is 11.8 Å². The Hall–Kier alpha value is -1.10. The molecule has 24 heavy (non-hydrogen) atoms. The van der Waals surface area contributed by atoms with Crippen LogP contribution in [-0.4, -0.2) is 47.9 Å². The molecule has 0 spiro atoms. The van der Waals surface area contributed by atoms with E-state index in [1.807, 2.05) is 0 Å². The summed E-state index contributed by atoms with van der Waals surface area (Å²) in [4.78, 5) is 27.2. The number of rotatable bonds is 3. The molecule has 2 N–H and O–H groups in total. The Morgan fingerprint density at radius 3 is 2.29 bits per heavy atom. The van der Waals surface area contributed by atoms with E-state index in [9.17, 15) is 9.59 Å². The molecule has 0 aromatic heterocycles. The Bertz CT molecular complexity index is 454. The first kappa shape index (κ1) is 17.7. The first-order chi connectivity index (χ1) is 11.6. The summed E-state index contributed by atoms with van der Waals surface area (Å²) in [5.41, 5.74) is 0. The molecule has 3 rings (SSSR count). The molecule has 1 saturated heterocycles. The highest BCUT2D eigenvalue weighted by atomic mass is 16.2. The zero-order valence-corrected chi connectivity index (χ0v) is 15.2. The lowest BCUT2D eigenvalue weighted by Gasteiger charge is -2.41. The minimum absolute atomic E-state index is 0.150. The van der Waals surface area contributed by atoms with Gasteiger partial charge < -0.3 is 15.5 Å². The third kappa shape index (κ3) is 3.93. The van der Waals surface area contributed by atoms with Gasteiger partial charge in [0.2, 0.25) is 11.8 Å². The van der Waals surface area contributed by atoms with Crippen LogP contribution < -0.4 is 10.6 Å². The van der Waals surface area contributed by atoms with Gasteiger partial charge in [-0.05, 0) is 52.4 Å². The van der Waals surface area contributed by atoms with Crippen molar-refractivity contribution in [3.63, 3.8) is 0 Å². The fourth-order valence-corrected chi connectivity index (χ4v) is 4.59. The van der Waals surface area contributed by atoms with E-state index in [-0.39, 0.29) is 29.8 Å². The summed E-state index contributed by atoms with van der Waals surface area (Å²) in [5.74, 6) is 0.980. The zero-order valence-electron chi connectivity index (χ0n) is 15.2. The van der Waals surface area contributed by atoms with Crippen molar-refractivity contribution in [3.8, 4) is 0 Å². The average Bonchev–Trinajstić information content (AvgIpc) is 3.12. The number of nitrogens with one attached hydrogen (secondary N) is 2. The van der Waals surface area contributed by atoms with E-state index in [0.717, 1.165) is 51.6 Å². The van der Waals surface area contributed by atoms with Gasteiger partial charge in [-0.2, -0.15) is 0 Å². The quantitative estimate of drug-likeness (QED) is 0.830. The predicted molar refractivity (Wildman–Crippen MR) is 94.5 cm³/mol. The minimum atomic E-state index is 0.150. The summed E-state index contributed by atoms with van der Waals surface area (Å²) >= 11 is 0. The summed E-state index contributed by atoms with van der Waals surface area (Å²) in [6.45, 7) is 6.01. The zero-order chi connectivity index (χ0) is 17.1. The van der Waals surface area contributed by atoms with Crippen LogP contribution in [0.25, 0.3) is 0 Å². The van der Waals surface area contributed by atoms with Crippen LogP contribution in [-0.2, 0) is 9.59 Å². The highest BCUT2D eigenvalue weighted by Gasteiger charge is 2.35. The molecule has 1 heterocycles. The van der Waals surface area contributed by atoms with Crippen LogP contribution in [0.2, 0.25) is 0 Å². The first-order valence-electron chi connectivity index (χ1n) is 9.90. The monoisotopic (exact) mass is 335 g/mol. The molecule has 2 amide bonds. The summed E-state index contributed by atoms with van der Waals surface area (Å²) in [6, 6.07) is 0.914. The van der Waals surface area contributed by atoms with Crippen molar-refractivity contribution in [1.82, 2.24) is 15.5 Å². The Morgan fingerprint density at radius 1 is 0.958 bits per heavy atom. The van der Waals surface area contributed by atoms with E-state index in [1.165, 1.54) is 12.8 Å². The largest absolute Gasteiger partial charge is 0.353 e. The summed E-state index contributed by atoms with van der Waals surface area (Å²) in [6.07, 6.45) is 8.23. The Balaban J connectivity index is 1.46. The molecule has 2 unspecified atom stereocenters. The average molecular weight is 335 g/mol. The molecule has 2 atom stereocenters. The molecule has 5 nitrogen and oxygen atoms in total. The van der Waals surface area contributed by atoms with E-state index in [1.54, 1.807) is 0 Å². The maximum absolute atomic E-state index is 12.9. The van der Waals surface area contributed by atoms with Crippen LogP contribution >= 0.6 is 0 Å². The molecule has 2 aliphatic carbocycles. The molecule has 3 aliphatic rings. The van der Waals surface area contributed by atoms with Gasteiger partial charge in [0.05, 0.1) is 0 Å². The van der Waals surface area contributed by atoms with Crippen LogP contribution in [0.5, 0.6) is 0 Å². The van der Waals surface area contributed by atoms with Crippen molar-refractivity contribution in [3.05, 3.63) is 0 Å². The summed E-state index contributed by atoms with van der Waals surface area (Å²) < 4.78 is 0. The van der Waals surface area contributed by atoms with Crippen molar-refractivity contribution in [2.45, 2.75) is 83.3 Å². The molecule has 0 aromatic rings. The van der Waals surface area contributed by atoms with Gasteiger partial charge in [0.25, 0.3) is 0 Å². The molecule has 5 heteroatoms. The number of carbonyl (C=O) groups is 2. The second kappa shape index (κ2) is 7.85. The van der Waals surface area contributed by atoms with Crippen molar-refractivity contribution < 1.29 is 9.59 Å². The van der Waals surface area contributed by atoms with Gasteiger partial charge in [-0.25, -0.2) is 0 Å². The van der Waals surface area contributed by atoms with Crippen LogP contribution in [0.3, 0.4) is 0 Å². The molecule has 0 radical (unpaired) electrons. The van der Waals surface area contributed by atoms with Crippen LogP contribution in [0.15, 0.2) is 0 Å². The molecule has 0 bridgehead atoms. The third-order valence-electron chi connectivity index (χ3n) is 6.47. The number of piperazine rings is 1. The van der Waals surface area contributed by atoms with Gasteiger partial charge in [-0.1, -0.05) is 12.8 Å². The molecule has 0 aromatic carbocycles. The molecular formula is C19H33N3O2. The first-order valence-corrected chi connectivity index (χ1v) is 9.90. The van der Waals surface area contributed by atoms with Gasteiger partial charge in [-0.3, -0.25) is 9.59 Å². The van der Waals surface area contributed by atoms with Crippen molar-refractivity contribution in [2.24, 2.45) is 11.8 Å². The molecule has 2 saturated carbocycles. The Morgan fingerprint density at radius 2 is 1.62 bits per heavy atom. The summed E-state index contributed by atoms with van der Waals surface area (Å²) in [7, 11) is 0. The lowest BCUT2D eigenvalue weighted by atomic mass is 9.84. The van der Waals surface area contributed by atoms with Gasteiger partial charge >= 0.3 is 0 Å². The SMILES string of the molecule is CC1NCCN(C(=O)C2CCC(NC(=O)C3CCCC3)CC2)C1C. The van der Waals surface area contributed by atoms with E-state index >= 15 is 0 Å². The number of carbonyl (C=O) groups excluding carboxylic acids is 2. The van der Waals surface area contributed by atoms with Crippen LogP contribution in [0.1, 0.15) is 65.2 Å². The van der Waals surface area contributed by atoms with Crippen molar-refractivity contribution in [2.75, 3.05) is 13.1 Å². The normalized spacial score (nSPS) is 35.0. The van der Waals surface area contributed by atoms with Gasteiger partial charge in [0, 0.05) is 43.1 Å². The van der Waals surface area contributed by atoms with E-state index < -0.39 is 0 Å². The topological polar surface area (TPSA) is 61.4 Å². The van der Waals surface area contributed by atoms with Crippen LogP contribution in [0.4, 0.5) is 0 Å². The second-order valence-corrected chi connectivity index (χ2v) is 8.05. The molecular weight excluding hydrogens is 302 g/mol. The second-order valence-electron chi connectivity index (χ2n) is 8.05. The highest BCUT2D eigenvalue weighted by Crippen LogP contribution is 2.29. The number of nitrogens with zero attached hydrogens (tertiary/aromatic N) is 1. The van der Waals surface area contributed by atoms with Gasteiger partial charge in [-0.15, -0.1) is 0 Å². The fourth-order valence-electron chi connectivity index (χ4n) is 4.59. The van der Waals surface area contributed by atoms with E-state index in [4.69, 9.17) is 0 Å². The molecule has 1 aliphatic heterocycles. The smallest absolute Gasteiger partial charge is 0.226 e. The van der Waals surface area contributed by atoms with Crippen molar-refractivity contribution in [1.29, 1.82) is 0 Å². The molecule has 3 fully saturated rings. The van der Waals surface area contributed by atoms with Gasteiger partial charge in [0.1, 0.15) is 0 Å². The van der Waals surface area contributed by atoms with Gasteiger partial charge in [0.15, 0.2) is 0 Å². The minimum Gasteiger partial charge on any atom is -0.353 e. The predicted octanol–water partition coefficient (Wildman–Crippen LogP) is 2.06. The summed E-state index contributed by atoms with van der Waals surface area (Å²) in [5, 5.41) is 6.68. The van der Waals surface area contributed by atoms with E-state index in [0.29, 0.717) is 11.9 Å². The Labute approximate surface area is 145 Å². The maximum Gasteiger partial charge on any atom is 0.226 e. The Kier molecular flexibility index (Phi) is 5.80. The molecule has 136 valence electrons. The standard InChI is InChI=1S/C19H33N3O2/c1-13-14(2)22(12-11-20-13)19(24)16-7-9-17(10-8-16)21-18(23)15-5-3-4-6-15/h13-17,20H,3-12H2,1-2H3,(H,21,23). The number of amides is 2.